The molecule has 3 aromatic heterocycles. The van der Waals surface area contributed by atoms with Crippen LogP contribution in [0.3, 0.4) is 0 Å². The molecule has 0 saturated heterocycles. The molecule has 4 aromatic rings. The molecule has 0 spiro atoms. The van der Waals surface area contributed by atoms with Crippen LogP contribution in [0.15, 0.2) is 71.2 Å². The first-order valence-corrected chi connectivity index (χ1v) is 10.5. The van der Waals surface area contributed by atoms with Crippen molar-refractivity contribution in [2.45, 2.75) is 4.90 Å². The maximum absolute atomic E-state index is 12.9. The minimum absolute atomic E-state index is 0.252. The van der Waals surface area contributed by atoms with Crippen molar-refractivity contribution in [2.75, 3.05) is 0 Å². The van der Waals surface area contributed by atoms with Crippen molar-refractivity contribution in [2.24, 2.45) is 0 Å². The standard InChI is InChI=1S/C17H11IN2O2S2/c18-15-11-20(24(21,22)13-5-2-1-3-6-13)17-14(15)9-12(10-19-17)16-7-4-8-23-16/h1-11H. The van der Waals surface area contributed by atoms with Gasteiger partial charge in [-0.1, -0.05) is 24.3 Å². The second-order valence-electron chi connectivity index (χ2n) is 5.16. The number of halogens is 1. The first kappa shape index (κ1) is 15.8. The van der Waals surface area contributed by atoms with Crippen molar-refractivity contribution in [1.82, 2.24) is 8.96 Å². The third-order valence-electron chi connectivity index (χ3n) is 3.67. The lowest BCUT2D eigenvalue weighted by Gasteiger charge is -2.07. The minimum Gasteiger partial charge on any atom is -0.237 e. The Morgan fingerprint density at radius 1 is 1.08 bits per heavy atom. The van der Waals surface area contributed by atoms with Gasteiger partial charge >= 0.3 is 0 Å². The van der Waals surface area contributed by atoms with Crippen molar-refractivity contribution in [3.63, 3.8) is 0 Å². The van der Waals surface area contributed by atoms with Crippen molar-refractivity contribution >= 4 is 55.0 Å². The lowest BCUT2D eigenvalue weighted by molar-refractivity contribution is 0.588. The quantitative estimate of drug-likeness (QED) is 0.415. The Morgan fingerprint density at radius 2 is 1.88 bits per heavy atom. The normalized spacial score (nSPS) is 11.9. The van der Waals surface area contributed by atoms with Gasteiger partial charge in [0.05, 0.1) is 4.90 Å². The number of rotatable bonds is 3. The molecular weight excluding hydrogens is 455 g/mol. The van der Waals surface area contributed by atoms with Gasteiger partial charge in [-0.05, 0) is 52.2 Å². The molecule has 0 atom stereocenters. The molecule has 0 saturated carbocycles. The van der Waals surface area contributed by atoms with Gasteiger partial charge in [-0.3, -0.25) is 0 Å². The highest BCUT2D eigenvalue weighted by molar-refractivity contribution is 14.1. The molecular formula is C17H11IN2O2S2. The fourth-order valence-corrected chi connectivity index (χ4v) is 5.43. The van der Waals surface area contributed by atoms with E-state index in [0.29, 0.717) is 5.65 Å². The number of aromatic nitrogens is 2. The van der Waals surface area contributed by atoms with E-state index in [-0.39, 0.29) is 4.90 Å². The number of hydrogen-bond donors (Lipinski definition) is 0. The summed E-state index contributed by atoms with van der Waals surface area (Å²) in [6, 6.07) is 14.4. The predicted octanol–water partition coefficient (Wildman–Crippen LogP) is 4.61. The number of hydrogen-bond acceptors (Lipinski definition) is 4. The van der Waals surface area contributed by atoms with Crippen molar-refractivity contribution in [3.8, 4) is 10.4 Å². The predicted molar refractivity (Wildman–Crippen MR) is 105 cm³/mol. The van der Waals surface area contributed by atoms with Gasteiger partial charge in [0.2, 0.25) is 0 Å². The molecule has 0 aliphatic rings. The Labute approximate surface area is 157 Å². The molecule has 0 fully saturated rings. The summed E-state index contributed by atoms with van der Waals surface area (Å²) < 4.78 is 27.9. The molecule has 0 amide bonds. The highest BCUT2D eigenvalue weighted by Gasteiger charge is 2.21. The molecule has 24 heavy (non-hydrogen) atoms. The van der Waals surface area contributed by atoms with E-state index >= 15 is 0 Å². The summed E-state index contributed by atoms with van der Waals surface area (Å²) in [5.74, 6) is 0. The van der Waals surface area contributed by atoms with Crippen LogP contribution in [0.1, 0.15) is 0 Å². The fourth-order valence-electron chi connectivity index (χ4n) is 2.51. The molecule has 0 aliphatic carbocycles. The van der Waals surface area contributed by atoms with E-state index in [1.807, 2.05) is 23.6 Å². The van der Waals surface area contributed by atoms with E-state index in [2.05, 4.69) is 27.6 Å². The van der Waals surface area contributed by atoms with Gasteiger partial charge in [0.1, 0.15) is 0 Å². The van der Waals surface area contributed by atoms with Crippen LogP contribution in [0, 0.1) is 3.57 Å². The minimum atomic E-state index is -3.66. The van der Waals surface area contributed by atoms with Crippen LogP contribution < -0.4 is 0 Å². The highest BCUT2D eigenvalue weighted by Crippen LogP contribution is 2.31. The molecule has 0 bridgehead atoms. The molecule has 0 radical (unpaired) electrons. The van der Waals surface area contributed by atoms with Gasteiger partial charge in [-0.15, -0.1) is 11.3 Å². The molecule has 1 aromatic carbocycles. The van der Waals surface area contributed by atoms with Gasteiger partial charge < -0.3 is 0 Å². The third kappa shape index (κ3) is 2.56. The first-order valence-electron chi connectivity index (χ1n) is 7.08. The van der Waals surface area contributed by atoms with Crippen LogP contribution in [0.2, 0.25) is 0 Å². The Hall–Kier alpha value is -1.71. The fraction of sp³-hybridized carbons (Fsp3) is 0. The van der Waals surface area contributed by atoms with Crippen LogP contribution in [0.5, 0.6) is 0 Å². The highest BCUT2D eigenvalue weighted by atomic mass is 127. The molecule has 7 heteroatoms. The second-order valence-corrected chi connectivity index (χ2v) is 9.09. The van der Waals surface area contributed by atoms with E-state index in [4.69, 9.17) is 0 Å². The van der Waals surface area contributed by atoms with E-state index in [0.717, 1.165) is 19.4 Å². The zero-order valence-corrected chi connectivity index (χ0v) is 16.0. The number of thiophene rings is 1. The van der Waals surface area contributed by atoms with Crippen LogP contribution in [0.4, 0.5) is 0 Å². The number of fused-ring (bicyclic) bond motifs is 1. The SMILES string of the molecule is O=S(=O)(c1ccccc1)n1cc(I)c2cc(-c3cccs3)cnc21. The largest absolute Gasteiger partial charge is 0.269 e. The van der Waals surface area contributed by atoms with Crippen molar-refractivity contribution in [1.29, 1.82) is 0 Å². The van der Waals surface area contributed by atoms with E-state index in [9.17, 15) is 8.42 Å². The lowest BCUT2D eigenvalue weighted by atomic mass is 10.2. The maximum atomic E-state index is 12.9. The Kier molecular flexibility index (Phi) is 3.93. The van der Waals surface area contributed by atoms with Crippen LogP contribution >= 0.6 is 33.9 Å². The summed E-state index contributed by atoms with van der Waals surface area (Å²) in [6.45, 7) is 0. The average Bonchev–Trinajstić information content (AvgIpc) is 3.24. The van der Waals surface area contributed by atoms with E-state index in [1.165, 1.54) is 3.97 Å². The van der Waals surface area contributed by atoms with Gasteiger partial charge in [0.25, 0.3) is 10.0 Å². The van der Waals surface area contributed by atoms with Gasteiger partial charge in [-0.25, -0.2) is 17.4 Å². The molecule has 4 nitrogen and oxygen atoms in total. The first-order chi connectivity index (χ1) is 11.6. The van der Waals surface area contributed by atoms with E-state index in [1.54, 1.807) is 54.1 Å². The molecule has 0 aliphatic heterocycles. The zero-order valence-electron chi connectivity index (χ0n) is 12.3. The zero-order chi connectivity index (χ0) is 16.7. The monoisotopic (exact) mass is 466 g/mol. The molecule has 4 rings (SSSR count). The summed E-state index contributed by atoms with van der Waals surface area (Å²) in [6.07, 6.45) is 3.35. The summed E-state index contributed by atoms with van der Waals surface area (Å²) >= 11 is 3.78. The third-order valence-corrected chi connectivity index (χ3v) is 7.11. The summed E-state index contributed by atoms with van der Waals surface area (Å²) in [5.41, 5.74) is 1.44. The van der Waals surface area contributed by atoms with Gasteiger partial charge in [0, 0.05) is 31.8 Å². The van der Waals surface area contributed by atoms with Crippen LogP contribution in [-0.4, -0.2) is 17.4 Å². The number of pyridine rings is 1. The number of nitrogens with zero attached hydrogens (tertiary/aromatic N) is 2. The van der Waals surface area contributed by atoms with Crippen molar-refractivity contribution < 1.29 is 8.42 Å². The number of benzene rings is 1. The second kappa shape index (κ2) is 5.98. The van der Waals surface area contributed by atoms with Gasteiger partial charge in [0.15, 0.2) is 5.65 Å². The summed E-state index contributed by atoms with van der Waals surface area (Å²) in [5, 5.41) is 2.84. The maximum Gasteiger partial charge on any atom is 0.269 e. The molecule has 0 unspecified atom stereocenters. The molecule has 0 N–H and O–H groups in total. The Balaban J connectivity index is 1.92. The molecule has 120 valence electrons. The topological polar surface area (TPSA) is 52.0 Å². The average molecular weight is 466 g/mol. The lowest BCUT2D eigenvalue weighted by Crippen LogP contribution is -2.12. The summed E-state index contributed by atoms with van der Waals surface area (Å²) in [4.78, 5) is 5.80. The smallest absolute Gasteiger partial charge is 0.237 e. The Bertz CT molecular complexity index is 1120. The van der Waals surface area contributed by atoms with Crippen LogP contribution in [-0.2, 0) is 10.0 Å². The van der Waals surface area contributed by atoms with E-state index < -0.39 is 10.0 Å². The van der Waals surface area contributed by atoms with Gasteiger partial charge in [-0.2, -0.15) is 0 Å². The Morgan fingerprint density at radius 3 is 2.58 bits per heavy atom. The van der Waals surface area contributed by atoms with Crippen LogP contribution in [0.25, 0.3) is 21.5 Å². The summed E-state index contributed by atoms with van der Waals surface area (Å²) in [7, 11) is -3.66. The molecule has 3 heterocycles. The van der Waals surface area contributed by atoms with Crippen molar-refractivity contribution in [3.05, 3.63) is 69.9 Å².